The molecule has 8 aliphatic rings. The minimum atomic E-state index is -0.360. The predicted molar refractivity (Wildman–Crippen MR) is 485 cm³/mol. The monoisotopic (exact) mass is 1740 g/mol. The molecule has 654 valence electrons. The average Bonchev–Trinajstić information content (AvgIpc) is 1.65. The Balaban J connectivity index is 0.000000119. The molecule has 37 nitrogen and oxygen atoms in total. The number of nitrogens with zero attached hydrogens (tertiary/aromatic N) is 22. The maximum Gasteiger partial charge on any atom is 0.339 e. The number of carbonyl (C=O) groups is 2. The van der Waals surface area contributed by atoms with Crippen LogP contribution in [0.1, 0.15) is 36.5 Å². The van der Waals surface area contributed by atoms with Crippen LogP contribution in [-0.2, 0) is 49.7 Å². The van der Waals surface area contributed by atoms with Crippen molar-refractivity contribution in [2.45, 2.75) is 38.1 Å². The van der Waals surface area contributed by atoms with Crippen LogP contribution in [0.2, 0.25) is 5.15 Å². The number of aromatic nitrogens is 19. The van der Waals surface area contributed by atoms with E-state index in [4.69, 9.17) is 35.5 Å². The molecule has 14 heterocycles. The highest BCUT2D eigenvalue weighted by Gasteiger charge is 2.60. The highest BCUT2D eigenvalue weighted by molar-refractivity contribution is 6.29. The van der Waals surface area contributed by atoms with Gasteiger partial charge in [-0.2, -0.15) is 0 Å². The van der Waals surface area contributed by atoms with Crippen molar-refractivity contribution in [3.63, 3.8) is 0 Å². The van der Waals surface area contributed by atoms with Crippen molar-refractivity contribution < 1.29 is 28.5 Å². The number of rotatable bonds is 27. The molecule has 3 aliphatic heterocycles. The lowest BCUT2D eigenvalue weighted by atomic mass is 9.43. The number of allylic oxidation sites excluding steroid dienone is 2. The third kappa shape index (κ3) is 15.9. The summed E-state index contributed by atoms with van der Waals surface area (Å²) in [6.45, 7) is 33.1. The van der Waals surface area contributed by atoms with Crippen molar-refractivity contribution in [1.82, 2.24) is 105 Å². The van der Waals surface area contributed by atoms with Crippen molar-refractivity contribution in [2.75, 3.05) is 93.1 Å². The number of imidazole rings is 4. The van der Waals surface area contributed by atoms with Crippen LogP contribution in [0.5, 0.6) is 23.5 Å². The second-order valence-electron chi connectivity index (χ2n) is 32.6. The number of likely N-dealkylation sites (tertiary alicyclic amines) is 2. The van der Waals surface area contributed by atoms with E-state index in [1.807, 2.05) is 128 Å². The van der Waals surface area contributed by atoms with E-state index in [0.717, 1.165) is 109 Å². The van der Waals surface area contributed by atoms with Gasteiger partial charge < -0.3 is 65.5 Å². The fraction of sp³-hybridized carbons (Fsp3) is 0.292. The van der Waals surface area contributed by atoms with Crippen LogP contribution in [0.4, 0.5) is 51.2 Å². The Morgan fingerprint density at radius 1 is 0.520 bits per heavy atom. The Morgan fingerprint density at radius 3 is 1.41 bits per heavy atom. The van der Waals surface area contributed by atoms with Gasteiger partial charge in [-0.1, -0.05) is 69.8 Å². The number of benzene rings is 2. The number of anilines is 9. The Morgan fingerprint density at radius 2 is 0.953 bits per heavy atom. The zero-order valence-corrected chi connectivity index (χ0v) is 72.4. The van der Waals surface area contributed by atoms with Gasteiger partial charge in [-0.05, 0) is 128 Å². The van der Waals surface area contributed by atoms with Crippen molar-refractivity contribution in [3.05, 3.63) is 265 Å². The van der Waals surface area contributed by atoms with Gasteiger partial charge >= 0.3 is 17.1 Å². The largest absolute Gasteiger partial charge is 0.478 e. The van der Waals surface area contributed by atoms with E-state index in [2.05, 4.69) is 124 Å². The molecule has 5 saturated carbocycles. The summed E-state index contributed by atoms with van der Waals surface area (Å²) >= 11 is 6.28. The SMILES string of the molecule is C=CC(=C)Nc1cccc(-n2cc(Nc3cn(C)nc3OC)c3ncc(C45CC(C4)C5)n3c2=O)c1.C=CC(=C)Nc1cccc(-n2cc(Nc3cn(C)nc3OC)c3ncc(Cl)n3c2=O)c1.C=CC(=O)N1CC2C(C1)C2Cn1cc(Nc2cn(C)nc2OC)c2ncc(C)n2c1=O.C=CC(=O)N1CC2C(CN3C=C(Nc4cn(C)nc4OC)c4nccn4C3=C)C2C1. The first-order valence-corrected chi connectivity index (χ1v) is 41.4. The van der Waals surface area contributed by atoms with Crippen LogP contribution in [0.25, 0.3) is 39.8 Å². The minimum Gasteiger partial charge on any atom is -0.478 e. The lowest BCUT2D eigenvalue weighted by Crippen LogP contribution is -2.56. The molecule has 7 fully saturated rings. The number of halogens is 1. The van der Waals surface area contributed by atoms with Gasteiger partial charge in [0.2, 0.25) is 11.8 Å². The lowest BCUT2D eigenvalue weighted by molar-refractivity contribution is -0.126. The normalized spacial score (nSPS) is 19.3. The van der Waals surface area contributed by atoms with Gasteiger partial charge in [-0.15, -0.1) is 20.4 Å². The average molecular weight is 1740 g/mol. The van der Waals surface area contributed by atoms with Gasteiger partial charge in [0.15, 0.2) is 22.8 Å². The van der Waals surface area contributed by atoms with E-state index < -0.39 is 0 Å². The molecule has 4 atom stereocenters. The summed E-state index contributed by atoms with van der Waals surface area (Å²) in [5, 5.41) is 37.0. The third-order valence-corrected chi connectivity index (χ3v) is 24.7. The number of nitrogens with one attached hydrogen (secondary N) is 6. The Hall–Kier alpha value is -15.3. The first-order chi connectivity index (χ1) is 61.2. The second-order valence-corrected chi connectivity index (χ2v) is 32.9. The van der Waals surface area contributed by atoms with Crippen LogP contribution in [0.15, 0.2) is 225 Å². The third-order valence-electron chi connectivity index (χ3n) is 24.4. The maximum absolute atomic E-state index is 13.9. The van der Waals surface area contributed by atoms with Crippen LogP contribution >= 0.6 is 11.6 Å². The zero-order valence-electron chi connectivity index (χ0n) is 71.7. The Kier molecular flexibility index (Phi) is 22.3. The van der Waals surface area contributed by atoms with Crippen molar-refractivity contribution in [3.8, 4) is 34.9 Å². The highest BCUT2D eigenvalue weighted by atomic mass is 35.5. The van der Waals surface area contributed by atoms with E-state index in [1.54, 1.807) is 108 Å². The summed E-state index contributed by atoms with van der Waals surface area (Å²) in [7, 11) is 13.6. The van der Waals surface area contributed by atoms with Gasteiger partial charge in [0.25, 0.3) is 23.5 Å². The van der Waals surface area contributed by atoms with E-state index in [9.17, 15) is 24.0 Å². The molecular formula is C89H97ClN28O9. The molecule has 2 amide bonds. The maximum atomic E-state index is 13.9. The zero-order chi connectivity index (χ0) is 89.3. The molecule has 11 aromatic heterocycles. The second kappa shape index (κ2) is 33.7. The summed E-state index contributed by atoms with van der Waals surface area (Å²) in [5.41, 5.74) is 12.5. The smallest absolute Gasteiger partial charge is 0.339 e. The number of carbonyl (C=O) groups excluding carboxylic acids is 2. The quantitative estimate of drug-likeness (QED) is 0.0206. The number of ether oxygens (including phenoxy) is 4. The topological polar surface area (TPSA) is 360 Å². The number of hydrogen-bond acceptors (Lipinski definition) is 24. The molecule has 127 heavy (non-hydrogen) atoms. The molecule has 5 aliphatic carbocycles. The van der Waals surface area contributed by atoms with Gasteiger partial charge in [0, 0.05) is 145 Å². The van der Waals surface area contributed by atoms with Crippen molar-refractivity contribution in [2.24, 2.45) is 69.6 Å². The summed E-state index contributed by atoms with van der Waals surface area (Å²) < 4.78 is 39.7. The molecule has 38 heteroatoms. The van der Waals surface area contributed by atoms with Gasteiger partial charge in [0.1, 0.15) is 33.7 Å². The standard InChI is InChI=1S/C26H27N7O2.C21H20ClN7O2.C21H25N7O3.C21H25N7O2/c1-5-16(2)28-18-7-6-8-19(9-18)32-15-20(29-21-14-31(3)30-24(21)35-4)23-27-13-22(33(23)25(32)34)26-10-17(11-26)12-26;1-5-13(2)24-14-7-6-8-15(9-14)28-12-16(19-23-10-18(22)29(19)21(28)30)25-17-11-27(3)26-20(17)31-4;1-5-18(29)26-7-13-14(8-26)15(13)9-27-11-16(19-22-6-12(2)28(19)21(27)30)23-17-10-25(3)24-20(17)31-4;1-5-19(29)27-9-15-14(16(15)10-27)8-26-12-17(20-22-6-7-28(20)13(26)2)23-18-11-25(3)24-21(18)30-4/h5-9,13-15,17,28-29H,1-2,10-12H2,3-4H3;5-12,24-25H,1-2H2,3-4H3;5-6,10-11,13-15,23H,1,7-9H2,2-4H3;5-7,11-12,14-16,23H,1-2,8-10H2,3-4H3. The number of methoxy groups -OCH3 is 4. The van der Waals surface area contributed by atoms with Crippen molar-refractivity contribution >= 4 is 103 Å². The minimum absolute atomic E-state index is 0.0181. The van der Waals surface area contributed by atoms with Crippen molar-refractivity contribution in [1.29, 1.82) is 0 Å². The molecule has 2 aromatic carbocycles. The van der Waals surface area contributed by atoms with E-state index >= 15 is 0 Å². The molecule has 0 spiro atoms. The highest BCUT2D eigenvalue weighted by Crippen LogP contribution is 2.65. The molecular weight excluding hydrogens is 1640 g/mol. The molecule has 0 radical (unpaired) electrons. The van der Waals surface area contributed by atoms with Gasteiger partial charge in [-0.25, -0.2) is 47.5 Å². The summed E-state index contributed by atoms with van der Waals surface area (Å²) in [5.74, 6) is 7.22. The van der Waals surface area contributed by atoms with Crippen LogP contribution < -0.4 is 67.9 Å². The van der Waals surface area contributed by atoms with E-state index in [-0.39, 0.29) is 39.5 Å². The van der Waals surface area contributed by atoms with Gasteiger partial charge in [-0.3, -0.25) is 46.6 Å². The first kappa shape index (κ1) is 83.9. The number of amides is 2. The van der Waals surface area contributed by atoms with Crippen LogP contribution in [0, 0.1) is 48.3 Å². The Bertz CT molecular complexity index is 6810. The van der Waals surface area contributed by atoms with E-state index in [1.165, 1.54) is 34.4 Å². The number of piperidine rings is 2. The number of fused-ring (bicyclic) bond motifs is 6. The summed E-state index contributed by atoms with van der Waals surface area (Å²) in [6, 6.07) is 15.0. The first-order valence-electron chi connectivity index (χ1n) is 41.0. The summed E-state index contributed by atoms with van der Waals surface area (Å²) in [6.07, 6.45) is 32.7. The summed E-state index contributed by atoms with van der Waals surface area (Å²) in [4.78, 5) is 87.8. The molecule has 2 saturated heterocycles. The number of aryl methyl sites for hydroxylation is 5. The van der Waals surface area contributed by atoms with E-state index in [0.29, 0.717) is 134 Å². The fourth-order valence-electron chi connectivity index (χ4n) is 18.0. The van der Waals surface area contributed by atoms with Crippen LogP contribution in [-0.4, -0.2) is 178 Å². The molecule has 4 unspecified atom stereocenters. The lowest BCUT2D eigenvalue weighted by Gasteiger charge is -2.61. The molecule has 21 rings (SSSR count). The predicted octanol–water partition coefficient (Wildman–Crippen LogP) is 10.7. The molecule has 6 N–H and O–H groups in total. The number of hydrogen-bond donors (Lipinski definition) is 6. The van der Waals surface area contributed by atoms with Gasteiger partial charge in [0.05, 0.1) is 105 Å². The fourth-order valence-corrected chi connectivity index (χ4v) is 18.2. The van der Waals surface area contributed by atoms with Crippen LogP contribution in [0.3, 0.4) is 0 Å². The molecule has 2 bridgehead atoms. The Labute approximate surface area is 733 Å². The molecule has 13 aromatic rings.